The molecule has 48 heavy (non-hydrogen) atoms. The second-order valence-electron chi connectivity index (χ2n) is 13.0. The molecule has 2 rings (SSSR count). The van der Waals surface area contributed by atoms with Gasteiger partial charge in [-0.15, -0.1) is 25.3 Å². The maximum atomic E-state index is 9.46. The molecule has 0 saturated heterocycles. The van der Waals surface area contributed by atoms with Crippen molar-refractivity contribution in [2.75, 3.05) is 39.6 Å². The predicted molar refractivity (Wildman–Crippen MR) is 205 cm³/mol. The van der Waals surface area contributed by atoms with E-state index in [-0.39, 0.29) is 79.2 Å². The largest absolute Gasteiger partial charge is 1.00 e. The molecule has 0 heterocycles. The summed E-state index contributed by atoms with van der Waals surface area (Å²) in [5.74, 6) is 0. The van der Waals surface area contributed by atoms with Crippen LogP contribution in [0.15, 0.2) is 48.5 Å². The van der Waals surface area contributed by atoms with Crippen LogP contribution in [0.1, 0.15) is 140 Å². The van der Waals surface area contributed by atoms with Crippen LogP contribution in [0.4, 0.5) is 0 Å². The Balaban J connectivity index is 0.0000115. The molecule has 0 radical (unpaired) electrons. The molecule has 2 aromatic carbocycles. The normalized spacial score (nSPS) is 14.0. The molecule has 2 N–H and O–H groups in total. The van der Waals surface area contributed by atoms with Crippen molar-refractivity contribution < 1.29 is 77.2 Å². The van der Waals surface area contributed by atoms with E-state index in [2.05, 4.69) is 62.4 Å². The Labute approximate surface area is 348 Å². The van der Waals surface area contributed by atoms with Crippen molar-refractivity contribution in [2.24, 2.45) is 0 Å². The fourth-order valence-electron chi connectivity index (χ4n) is 5.99. The molecule has 0 amide bonds. The van der Waals surface area contributed by atoms with Crippen molar-refractivity contribution in [2.45, 2.75) is 139 Å². The van der Waals surface area contributed by atoms with E-state index in [1.807, 2.05) is 0 Å². The molecule has 2 aromatic rings. The predicted octanol–water partition coefficient (Wildman–Crippen LogP) is 7.07. The van der Waals surface area contributed by atoms with Gasteiger partial charge in [-0.2, -0.15) is 0 Å². The van der Waals surface area contributed by atoms with Gasteiger partial charge in [0.2, 0.25) is 0 Å². The van der Waals surface area contributed by atoms with Gasteiger partial charge in [0, 0.05) is 12.8 Å². The second kappa shape index (κ2) is 29.1. The van der Waals surface area contributed by atoms with Crippen LogP contribution in [0.2, 0.25) is 0 Å². The van der Waals surface area contributed by atoms with Gasteiger partial charge in [-0.3, -0.25) is 0 Å². The third kappa shape index (κ3) is 19.4. The minimum Gasteiger partial charge on any atom is -1.00 e. The van der Waals surface area contributed by atoms with Crippen molar-refractivity contribution in [3.8, 4) is 0 Å². The molecule has 2 atom stereocenters. The van der Waals surface area contributed by atoms with Gasteiger partial charge < -0.3 is 25.9 Å². The summed E-state index contributed by atoms with van der Waals surface area (Å²) in [6.07, 6.45) is 21.5. The molecular formula is C40H67KO5S2. The van der Waals surface area contributed by atoms with Gasteiger partial charge in [-0.25, -0.2) is 0 Å². The van der Waals surface area contributed by atoms with Crippen LogP contribution in [0, 0.1) is 0 Å². The Morgan fingerprint density at radius 2 is 0.854 bits per heavy atom. The van der Waals surface area contributed by atoms with Crippen LogP contribution in [0.25, 0.3) is 0 Å². The van der Waals surface area contributed by atoms with Crippen molar-refractivity contribution in [3.05, 3.63) is 70.8 Å². The van der Waals surface area contributed by atoms with Crippen LogP contribution in [0.5, 0.6) is 0 Å². The summed E-state index contributed by atoms with van der Waals surface area (Å²) in [5, 5.41) is 18.9. The summed E-state index contributed by atoms with van der Waals surface area (Å²) in [6, 6.07) is 17.1. The van der Waals surface area contributed by atoms with Gasteiger partial charge >= 0.3 is 51.4 Å². The van der Waals surface area contributed by atoms with Crippen LogP contribution < -0.4 is 51.4 Å². The number of benzene rings is 2. The first-order valence-corrected chi connectivity index (χ1v) is 19.5. The standard InChI is InChI=1S/C40H66O5S2.K.H/c1-3-5-7-9-11-13-15-17-35-19-23-37(24-20-35)39(46,44-33-29-41)27-31-43-32-28-40(47,45-34-30-42)38-25-21-36(22-26-38)18-16-14-12-10-8-6-4-2;;/h19-26,41-42,46-47H,3-18,27-34H2,1-2H3;;/q;+1;-1. The van der Waals surface area contributed by atoms with Gasteiger partial charge in [0.1, 0.15) is 9.87 Å². The van der Waals surface area contributed by atoms with Crippen molar-refractivity contribution in [3.63, 3.8) is 0 Å². The summed E-state index contributed by atoms with van der Waals surface area (Å²) in [7, 11) is 0. The van der Waals surface area contributed by atoms with E-state index in [0.717, 1.165) is 24.0 Å². The van der Waals surface area contributed by atoms with Crippen molar-refractivity contribution >= 4 is 25.3 Å². The van der Waals surface area contributed by atoms with E-state index < -0.39 is 9.87 Å². The first-order valence-electron chi connectivity index (χ1n) is 18.6. The van der Waals surface area contributed by atoms with E-state index in [0.29, 0.717) is 26.1 Å². The quantitative estimate of drug-likeness (QED) is 0.0300. The van der Waals surface area contributed by atoms with Gasteiger partial charge in [-0.1, -0.05) is 139 Å². The summed E-state index contributed by atoms with van der Waals surface area (Å²) >= 11 is 9.89. The number of rotatable bonds is 30. The Bertz CT molecular complexity index is 951. The number of aliphatic hydroxyl groups excluding tert-OH is 2. The maximum Gasteiger partial charge on any atom is 1.00 e. The molecule has 0 spiro atoms. The third-order valence-electron chi connectivity index (χ3n) is 8.98. The van der Waals surface area contributed by atoms with Gasteiger partial charge in [-0.05, 0) is 47.9 Å². The monoisotopic (exact) mass is 730 g/mol. The topological polar surface area (TPSA) is 68.2 Å². The number of unbranched alkanes of at least 4 members (excludes halogenated alkanes) is 12. The smallest absolute Gasteiger partial charge is 1.00 e. The number of hydrogen-bond acceptors (Lipinski definition) is 7. The van der Waals surface area contributed by atoms with Gasteiger partial charge in [0.05, 0.1) is 39.6 Å². The summed E-state index contributed by atoms with van der Waals surface area (Å²) in [6.45, 7) is 5.63. The average molecular weight is 731 g/mol. The van der Waals surface area contributed by atoms with E-state index in [1.165, 1.54) is 101 Å². The van der Waals surface area contributed by atoms with Crippen molar-refractivity contribution in [1.29, 1.82) is 0 Å². The zero-order valence-electron chi connectivity index (χ0n) is 31.6. The zero-order valence-corrected chi connectivity index (χ0v) is 35.5. The molecule has 0 aromatic heterocycles. The van der Waals surface area contributed by atoms with Crippen LogP contribution in [0.3, 0.4) is 0 Å². The third-order valence-corrected chi connectivity index (χ3v) is 10.2. The molecule has 0 aliphatic rings. The molecule has 0 bridgehead atoms. The van der Waals surface area contributed by atoms with Gasteiger partial charge in [0.15, 0.2) is 0 Å². The number of ether oxygens (including phenoxy) is 3. The Morgan fingerprint density at radius 1 is 0.521 bits per heavy atom. The second-order valence-corrected chi connectivity index (χ2v) is 14.4. The molecule has 5 nitrogen and oxygen atoms in total. The number of aryl methyl sites for hydroxylation is 2. The molecular weight excluding hydrogens is 664 g/mol. The van der Waals surface area contributed by atoms with E-state index in [9.17, 15) is 10.2 Å². The number of thiol groups is 2. The minimum absolute atomic E-state index is 0. The van der Waals surface area contributed by atoms with Crippen LogP contribution in [-0.4, -0.2) is 49.9 Å². The molecule has 270 valence electrons. The minimum atomic E-state index is -0.864. The molecule has 0 aliphatic carbocycles. The zero-order chi connectivity index (χ0) is 34.1. The molecule has 0 aliphatic heterocycles. The summed E-state index contributed by atoms with van der Waals surface area (Å²) in [5.41, 5.74) is 4.59. The Kier molecular flexibility index (Phi) is 28.2. The van der Waals surface area contributed by atoms with Gasteiger partial charge in [0.25, 0.3) is 0 Å². The Morgan fingerprint density at radius 3 is 1.19 bits per heavy atom. The first kappa shape index (κ1) is 46.6. The summed E-state index contributed by atoms with van der Waals surface area (Å²) in [4.78, 5) is -1.73. The summed E-state index contributed by atoms with van der Waals surface area (Å²) < 4.78 is 18.2. The molecule has 0 saturated carbocycles. The molecule has 8 heteroatoms. The maximum absolute atomic E-state index is 9.46. The van der Waals surface area contributed by atoms with Crippen molar-refractivity contribution in [1.82, 2.24) is 0 Å². The van der Waals surface area contributed by atoms with Crippen LogP contribution in [-0.2, 0) is 36.9 Å². The fraction of sp³-hybridized carbons (Fsp3) is 0.700. The number of hydrogen-bond donors (Lipinski definition) is 4. The van der Waals surface area contributed by atoms with E-state index in [1.54, 1.807) is 0 Å². The Hall–Kier alpha value is 0.576. The van der Waals surface area contributed by atoms with Crippen LogP contribution >= 0.6 is 25.3 Å². The SMILES string of the molecule is CCCCCCCCCc1ccc(C(S)(CCOCCC(S)(OCCO)c2ccc(CCCCCCCCC)cc2)OCCO)cc1.[H-].[K+]. The van der Waals surface area contributed by atoms with E-state index >= 15 is 0 Å². The number of aliphatic hydroxyl groups is 2. The average Bonchev–Trinajstić information content (AvgIpc) is 3.09. The molecule has 0 fully saturated rings. The molecule has 2 unspecified atom stereocenters. The fourth-order valence-corrected chi connectivity index (χ4v) is 6.65. The van der Waals surface area contributed by atoms with E-state index in [4.69, 9.17) is 39.5 Å². The first-order chi connectivity index (χ1) is 22.9.